The molecule has 0 N–H and O–H groups in total. The van der Waals surface area contributed by atoms with E-state index in [2.05, 4.69) is 52.8 Å². The van der Waals surface area contributed by atoms with Gasteiger partial charge in [-0.15, -0.1) is 0 Å². The molecule has 3 saturated carbocycles. The van der Waals surface area contributed by atoms with Crippen LogP contribution in [0.2, 0.25) is 0 Å². The van der Waals surface area contributed by atoms with E-state index >= 15 is 0 Å². The molecule has 3 fully saturated rings. The molecule has 0 bridgehead atoms. The second-order valence-electron chi connectivity index (χ2n) is 12.0. The molecule has 0 saturated heterocycles. The Balaban J connectivity index is 1.51. The monoisotopic (exact) mass is 398 g/mol. The van der Waals surface area contributed by atoms with Gasteiger partial charge in [-0.25, -0.2) is 0 Å². The molecule has 0 heterocycles. The average Bonchev–Trinajstić information content (AvgIpc) is 3.04. The first-order chi connectivity index (χ1) is 13.8. The summed E-state index contributed by atoms with van der Waals surface area (Å²) >= 11 is 0. The highest BCUT2D eigenvalue weighted by Crippen LogP contribution is 2.67. The van der Waals surface area contributed by atoms with E-state index in [4.69, 9.17) is 4.74 Å². The van der Waals surface area contributed by atoms with Gasteiger partial charge in [0.05, 0.1) is 6.10 Å². The number of hydrogen-bond acceptors (Lipinski definition) is 1. The van der Waals surface area contributed by atoms with Gasteiger partial charge in [0, 0.05) is 7.11 Å². The topological polar surface area (TPSA) is 9.23 Å². The summed E-state index contributed by atoms with van der Waals surface area (Å²) < 4.78 is 5.76. The fourth-order valence-electron chi connectivity index (χ4n) is 8.61. The number of rotatable bonds is 5. The quantitative estimate of drug-likeness (QED) is 0.429. The third kappa shape index (κ3) is 3.68. The molecule has 4 aliphatic carbocycles. The lowest BCUT2D eigenvalue weighted by Gasteiger charge is -2.59. The molecule has 0 aromatic heterocycles. The molecular weight excluding hydrogens is 352 g/mol. The fourth-order valence-corrected chi connectivity index (χ4v) is 8.61. The minimum Gasteiger partial charge on any atom is -0.381 e. The molecule has 164 valence electrons. The molecule has 0 aromatic carbocycles. The summed E-state index contributed by atoms with van der Waals surface area (Å²) in [4.78, 5) is 0. The second kappa shape index (κ2) is 8.18. The molecule has 4 rings (SSSR count). The highest BCUT2D eigenvalue weighted by atomic mass is 16.5. The van der Waals surface area contributed by atoms with E-state index < -0.39 is 0 Å². The van der Waals surface area contributed by atoms with Gasteiger partial charge in [-0.05, 0) is 118 Å². The smallest absolute Gasteiger partial charge is 0.0577 e. The van der Waals surface area contributed by atoms with Crippen LogP contribution in [0.5, 0.6) is 0 Å². The van der Waals surface area contributed by atoms with E-state index in [-0.39, 0.29) is 0 Å². The zero-order valence-corrected chi connectivity index (χ0v) is 20.0. The maximum absolute atomic E-state index is 5.76. The first-order valence-corrected chi connectivity index (χ1v) is 12.6. The molecule has 1 nitrogen and oxygen atoms in total. The Labute approximate surface area is 180 Å². The van der Waals surface area contributed by atoms with Crippen LogP contribution in [-0.2, 0) is 4.74 Å². The predicted molar refractivity (Wildman–Crippen MR) is 124 cm³/mol. The van der Waals surface area contributed by atoms with Crippen LogP contribution in [-0.4, -0.2) is 13.2 Å². The third-order valence-electron chi connectivity index (χ3n) is 10.4. The maximum atomic E-state index is 5.76. The van der Waals surface area contributed by atoms with Gasteiger partial charge in [0.25, 0.3) is 0 Å². The molecule has 1 heteroatoms. The van der Waals surface area contributed by atoms with Crippen LogP contribution in [0.25, 0.3) is 0 Å². The van der Waals surface area contributed by atoms with Crippen LogP contribution < -0.4 is 0 Å². The number of fused-ring (bicyclic) bond motifs is 5. The molecule has 0 amide bonds. The highest BCUT2D eigenvalue weighted by Gasteiger charge is 2.59. The van der Waals surface area contributed by atoms with Gasteiger partial charge in [0.15, 0.2) is 0 Å². The number of ether oxygens (including phenoxy) is 1. The van der Waals surface area contributed by atoms with Crippen molar-refractivity contribution in [1.29, 1.82) is 0 Å². The summed E-state index contributed by atoms with van der Waals surface area (Å²) in [6, 6.07) is 0. The van der Waals surface area contributed by atoms with E-state index in [1.165, 1.54) is 63.4 Å². The van der Waals surface area contributed by atoms with E-state index in [0.29, 0.717) is 16.9 Å². The lowest BCUT2D eigenvalue weighted by atomic mass is 9.46. The van der Waals surface area contributed by atoms with Crippen LogP contribution in [0.1, 0.15) is 92.4 Å². The molecule has 0 aromatic rings. The van der Waals surface area contributed by atoms with Gasteiger partial charge in [-0.2, -0.15) is 0 Å². The van der Waals surface area contributed by atoms with Crippen molar-refractivity contribution in [2.75, 3.05) is 7.11 Å². The standard InChI is InChI=1S/C28H46O/c1-19(2)8-7-9-20(3)24-12-13-25-23-11-10-21-18-22(29-6)14-16-27(21,4)26(23)15-17-28(24,25)5/h8,10-11,20-26H,7,9,12-18H2,1-6H3. The van der Waals surface area contributed by atoms with Gasteiger partial charge in [0.2, 0.25) is 0 Å². The normalized spacial score (nSPS) is 47.1. The Morgan fingerprint density at radius 3 is 2.48 bits per heavy atom. The van der Waals surface area contributed by atoms with Crippen LogP contribution >= 0.6 is 0 Å². The molecule has 9 unspecified atom stereocenters. The Morgan fingerprint density at radius 2 is 1.76 bits per heavy atom. The highest BCUT2D eigenvalue weighted by molar-refractivity contribution is 5.18. The number of allylic oxidation sites excluding steroid dienone is 4. The van der Waals surface area contributed by atoms with Crippen molar-refractivity contribution in [3.8, 4) is 0 Å². The largest absolute Gasteiger partial charge is 0.381 e. The lowest BCUT2D eigenvalue weighted by molar-refractivity contribution is -0.0866. The van der Waals surface area contributed by atoms with Crippen molar-refractivity contribution in [1.82, 2.24) is 0 Å². The van der Waals surface area contributed by atoms with Crippen LogP contribution in [0, 0.1) is 46.3 Å². The Bertz CT molecular complexity index is 643. The summed E-state index contributed by atoms with van der Waals surface area (Å²) in [7, 11) is 1.91. The summed E-state index contributed by atoms with van der Waals surface area (Å²) in [6.45, 7) is 12.4. The molecule has 4 aliphatic rings. The van der Waals surface area contributed by atoms with Gasteiger partial charge in [-0.3, -0.25) is 0 Å². The minimum absolute atomic E-state index is 0.487. The Morgan fingerprint density at radius 1 is 1.03 bits per heavy atom. The Kier molecular flexibility index (Phi) is 6.11. The van der Waals surface area contributed by atoms with Crippen molar-refractivity contribution in [2.24, 2.45) is 46.3 Å². The lowest BCUT2D eigenvalue weighted by Crippen LogP contribution is -2.52. The zero-order valence-electron chi connectivity index (χ0n) is 20.0. The van der Waals surface area contributed by atoms with E-state index in [1.54, 1.807) is 0 Å². The Hall–Kier alpha value is -0.560. The second-order valence-corrected chi connectivity index (χ2v) is 12.0. The summed E-state index contributed by atoms with van der Waals surface area (Å²) in [5.74, 6) is 5.21. The molecule has 0 aliphatic heterocycles. The van der Waals surface area contributed by atoms with Crippen molar-refractivity contribution in [3.63, 3.8) is 0 Å². The number of methoxy groups -OCH3 is 1. The summed E-state index contributed by atoms with van der Waals surface area (Å²) in [6.07, 6.45) is 20.7. The van der Waals surface area contributed by atoms with Gasteiger partial charge < -0.3 is 4.74 Å². The van der Waals surface area contributed by atoms with Crippen molar-refractivity contribution >= 4 is 0 Å². The van der Waals surface area contributed by atoms with Gasteiger partial charge >= 0.3 is 0 Å². The SMILES string of the molecule is COC1CCC2(C)C(C=CC3C2CCC2(C)C(C(C)CCC=C(C)C)CCC32)C1. The van der Waals surface area contributed by atoms with E-state index in [9.17, 15) is 0 Å². The first kappa shape index (κ1) is 21.7. The average molecular weight is 399 g/mol. The molecule has 9 atom stereocenters. The fraction of sp³-hybridized carbons (Fsp3) is 0.857. The molecule has 29 heavy (non-hydrogen) atoms. The van der Waals surface area contributed by atoms with Gasteiger partial charge in [0.1, 0.15) is 0 Å². The third-order valence-corrected chi connectivity index (χ3v) is 10.4. The number of hydrogen-bond donors (Lipinski definition) is 0. The van der Waals surface area contributed by atoms with Crippen LogP contribution in [0.15, 0.2) is 23.8 Å². The van der Waals surface area contributed by atoms with E-state index in [0.717, 1.165) is 35.5 Å². The summed E-state index contributed by atoms with van der Waals surface area (Å²) in [5, 5.41) is 0. The predicted octanol–water partition coefficient (Wildman–Crippen LogP) is 7.82. The minimum atomic E-state index is 0.487. The van der Waals surface area contributed by atoms with Crippen LogP contribution in [0.3, 0.4) is 0 Å². The van der Waals surface area contributed by atoms with Gasteiger partial charge in [-0.1, -0.05) is 44.6 Å². The van der Waals surface area contributed by atoms with Crippen LogP contribution in [0.4, 0.5) is 0 Å². The molecule has 0 radical (unpaired) electrons. The first-order valence-electron chi connectivity index (χ1n) is 12.6. The van der Waals surface area contributed by atoms with Crippen molar-refractivity contribution in [2.45, 2.75) is 98.5 Å². The zero-order chi connectivity index (χ0) is 20.8. The van der Waals surface area contributed by atoms with Crippen molar-refractivity contribution < 1.29 is 4.74 Å². The van der Waals surface area contributed by atoms with E-state index in [1.807, 2.05) is 7.11 Å². The summed E-state index contributed by atoms with van der Waals surface area (Å²) in [5.41, 5.74) is 2.57. The maximum Gasteiger partial charge on any atom is 0.0577 e. The molecule has 0 spiro atoms. The van der Waals surface area contributed by atoms with Crippen molar-refractivity contribution in [3.05, 3.63) is 23.8 Å². The molecular formula is C28H46O.